The molecular formula is C25H24N4O3S. The molecule has 0 fully saturated rings. The number of aromatic nitrogens is 3. The number of hydrogen-bond acceptors (Lipinski definition) is 6. The van der Waals surface area contributed by atoms with Gasteiger partial charge in [-0.25, -0.2) is 14.5 Å². The second kappa shape index (κ2) is 9.46. The van der Waals surface area contributed by atoms with Crippen LogP contribution >= 0.6 is 11.8 Å². The van der Waals surface area contributed by atoms with Crippen LogP contribution < -0.4 is 15.6 Å². The van der Waals surface area contributed by atoms with Gasteiger partial charge in [0.05, 0.1) is 29.0 Å². The van der Waals surface area contributed by atoms with Crippen molar-refractivity contribution in [2.75, 3.05) is 12.4 Å². The third-order valence-electron chi connectivity index (χ3n) is 5.14. The minimum atomic E-state index is -0.542. The molecular weight excluding hydrogens is 436 g/mol. The summed E-state index contributed by atoms with van der Waals surface area (Å²) in [6, 6.07) is 16.4. The molecule has 1 N–H and O–H groups in total. The van der Waals surface area contributed by atoms with Crippen LogP contribution in [0.5, 0.6) is 5.75 Å². The van der Waals surface area contributed by atoms with E-state index in [1.54, 1.807) is 38.4 Å². The van der Waals surface area contributed by atoms with Crippen LogP contribution in [0.4, 0.5) is 5.69 Å². The lowest BCUT2D eigenvalue weighted by Crippen LogP contribution is -2.26. The molecule has 4 aromatic rings. The van der Waals surface area contributed by atoms with Gasteiger partial charge < -0.3 is 10.1 Å². The van der Waals surface area contributed by atoms with Gasteiger partial charge in [0, 0.05) is 6.20 Å². The Morgan fingerprint density at radius 2 is 1.85 bits per heavy atom. The minimum Gasteiger partial charge on any atom is -0.495 e. The zero-order chi connectivity index (χ0) is 23.5. The monoisotopic (exact) mass is 460 g/mol. The van der Waals surface area contributed by atoms with Crippen molar-refractivity contribution in [3.05, 3.63) is 82.3 Å². The Morgan fingerprint density at radius 3 is 2.61 bits per heavy atom. The van der Waals surface area contributed by atoms with Gasteiger partial charge in [0.15, 0.2) is 5.16 Å². The van der Waals surface area contributed by atoms with E-state index in [0.29, 0.717) is 33.3 Å². The lowest BCUT2D eigenvalue weighted by Gasteiger charge is -2.17. The molecule has 1 unspecified atom stereocenters. The van der Waals surface area contributed by atoms with E-state index in [9.17, 15) is 9.59 Å². The summed E-state index contributed by atoms with van der Waals surface area (Å²) in [7, 11) is 1.56. The molecule has 0 bridgehead atoms. The molecule has 7 nitrogen and oxygen atoms in total. The number of methoxy groups -OCH3 is 1. The highest BCUT2D eigenvalue weighted by molar-refractivity contribution is 8.00. The van der Waals surface area contributed by atoms with Crippen molar-refractivity contribution in [3.8, 4) is 11.6 Å². The van der Waals surface area contributed by atoms with Gasteiger partial charge in [0.1, 0.15) is 11.6 Å². The predicted octanol–water partition coefficient (Wildman–Crippen LogP) is 4.53. The maximum absolute atomic E-state index is 13.4. The van der Waals surface area contributed by atoms with Crippen LogP contribution in [-0.4, -0.2) is 32.8 Å². The van der Waals surface area contributed by atoms with E-state index in [1.807, 2.05) is 50.2 Å². The number of amides is 1. The van der Waals surface area contributed by atoms with Crippen molar-refractivity contribution >= 4 is 34.3 Å². The Balaban J connectivity index is 1.72. The van der Waals surface area contributed by atoms with E-state index >= 15 is 0 Å². The van der Waals surface area contributed by atoms with Crippen molar-refractivity contribution in [3.63, 3.8) is 0 Å². The van der Waals surface area contributed by atoms with Crippen LogP contribution in [0.3, 0.4) is 0 Å². The van der Waals surface area contributed by atoms with E-state index in [0.717, 1.165) is 11.1 Å². The van der Waals surface area contributed by atoms with Gasteiger partial charge in [-0.3, -0.25) is 9.59 Å². The molecule has 0 radical (unpaired) electrons. The van der Waals surface area contributed by atoms with Gasteiger partial charge in [-0.15, -0.1) is 0 Å². The van der Waals surface area contributed by atoms with Crippen LogP contribution in [0.1, 0.15) is 18.1 Å². The SMILES string of the molecule is COc1ccc(C)cc1NC(=O)C(C)Sc1nc2ccccc2c(=O)n1-c1cc(C)ccn1. The Bertz CT molecular complexity index is 1400. The number of carbonyl (C=O) groups is 1. The van der Waals surface area contributed by atoms with Gasteiger partial charge in [-0.2, -0.15) is 0 Å². The number of para-hydroxylation sites is 1. The number of benzene rings is 2. The van der Waals surface area contributed by atoms with Crippen LogP contribution in [0.25, 0.3) is 16.7 Å². The van der Waals surface area contributed by atoms with Crippen LogP contribution in [-0.2, 0) is 4.79 Å². The van der Waals surface area contributed by atoms with E-state index in [4.69, 9.17) is 9.72 Å². The van der Waals surface area contributed by atoms with Crippen molar-refractivity contribution in [1.82, 2.24) is 14.5 Å². The van der Waals surface area contributed by atoms with Crippen molar-refractivity contribution in [2.45, 2.75) is 31.2 Å². The number of carbonyl (C=O) groups excluding carboxylic acids is 1. The number of nitrogens with zero attached hydrogens (tertiary/aromatic N) is 3. The molecule has 2 heterocycles. The van der Waals surface area contributed by atoms with Gasteiger partial charge in [-0.05, 0) is 68.3 Å². The first-order chi connectivity index (χ1) is 15.9. The third-order valence-corrected chi connectivity index (χ3v) is 6.19. The number of hydrogen-bond donors (Lipinski definition) is 1. The Kier molecular flexibility index (Phi) is 6.46. The van der Waals surface area contributed by atoms with Crippen LogP contribution in [0.15, 0.2) is 70.7 Å². The summed E-state index contributed by atoms with van der Waals surface area (Å²) in [5, 5.41) is 3.28. The largest absolute Gasteiger partial charge is 0.495 e. The number of ether oxygens (including phenoxy) is 1. The Labute approximate surface area is 195 Å². The number of rotatable bonds is 6. The molecule has 0 aliphatic carbocycles. The molecule has 2 aromatic heterocycles. The molecule has 0 aliphatic rings. The highest BCUT2D eigenvalue weighted by atomic mass is 32.2. The molecule has 4 rings (SSSR count). The average molecular weight is 461 g/mol. The Hall–Kier alpha value is -3.65. The van der Waals surface area contributed by atoms with E-state index in [1.165, 1.54) is 16.3 Å². The van der Waals surface area contributed by atoms with Gasteiger partial charge in [-0.1, -0.05) is 30.0 Å². The fourth-order valence-corrected chi connectivity index (χ4v) is 4.32. The molecule has 8 heteroatoms. The molecule has 1 atom stereocenters. The number of pyridine rings is 1. The van der Waals surface area contributed by atoms with Crippen molar-refractivity contribution < 1.29 is 9.53 Å². The summed E-state index contributed by atoms with van der Waals surface area (Å²) >= 11 is 1.20. The predicted molar refractivity (Wildman–Crippen MR) is 132 cm³/mol. The summed E-state index contributed by atoms with van der Waals surface area (Å²) in [6.45, 7) is 5.65. The average Bonchev–Trinajstić information content (AvgIpc) is 2.79. The molecule has 168 valence electrons. The molecule has 33 heavy (non-hydrogen) atoms. The lowest BCUT2D eigenvalue weighted by atomic mass is 10.2. The summed E-state index contributed by atoms with van der Waals surface area (Å²) in [5.74, 6) is 0.819. The first-order valence-electron chi connectivity index (χ1n) is 10.4. The minimum absolute atomic E-state index is 0.227. The van der Waals surface area contributed by atoms with Crippen LogP contribution in [0.2, 0.25) is 0 Å². The summed E-state index contributed by atoms with van der Waals surface area (Å²) in [4.78, 5) is 35.5. The molecule has 0 aliphatic heterocycles. The number of anilines is 1. The standard InChI is InChI=1S/C25H24N4O3S/c1-15-9-10-21(32-4)20(13-15)27-23(30)17(3)33-25-28-19-8-6-5-7-18(19)24(31)29(25)22-14-16(2)11-12-26-22/h5-14,17H,1-4H3,(H,27,30). The zero-order valence-electron chi connectivity index (χ0n) is 18.8. The van der Waals surface area contributed by atoms with Gasteiger partial charge in [0.25, 0.3) is 5.56 Å². The fraction of sp³-hybridized carbons (Fsp3) is 0.200. The highest BCUT2D eigenvalue weighted by Crippen LogP contribution is 2.29. The molecule has 1 amide bonds. The van der Waals surface area contributed by atoms with Crippen LogP contribution in [0, 0.1) is 13.8 Å². The van der Waals surface area contributed by atoms with E-state index < -0.39 is 5.25 Å². The summed E-state index contributed by atoms with van der Waals surface area (Å²) in [6.07, 6.45) is 1.65. The Morgan fingerprint density at radius 1 is 1.09 bits per heavy atom. The maximum atomic E-state index is 13.4. The molecule has 0 spiro atoms. The number of nitrogens with one attached hydrogen (secondary N) is 1. The highest BCUT2D eigenvalue weighted by Gasteiger charge is 2.22. The molecule has 0 saturated heterocycles. The maximum Gasteiger partial charge on any atom is 0.267 e. The van der Waals surface area contributed by atoms with E-state index in [2.05, 4.69) is 10.3 Å². The number of aryl methyl sites for hydroxylation is 2. The smallest absolute Gasteiger partial charge is 0.267 e. The second-order valence-electron chi connectivity index (χ2n) is 7.70. The van der Waals surface area contributed by atoms with Gasteiger partial charge >= 0.3 is 0 Å². The number of thioether (sulfide) groups is 1. The fourth-order valence-electron chi connectivity index (χ4n) is 3.40. The zero-order valence-corrected chi connectivity index (χ0v) is 19.6. The first-order valence-corrected chi connectivity index (χ1v) is 11.3. The van der Waals surface area contributed by atoms with Crippen molar-refractivity contribution in [2.24, 2.45) is 0 Å². The third kappa shape index (κ3) is 4.75. The normalized spacial score (nSPS) is 11.9. The van der Waals surface area contributed by atoms with Crippen molar-refractivity contribution in [1.29, 1.82) is 0 Å². The lowest BCUT2D eigenvalue weighted by molar-refractivity contribution is -0.115. The number of fused-ring (bicyclic) bond motifs is 1. The topological polar surface area (TPSA) is 86.1 Å². The van der Waals surface area contributed by atoms with E-state index in [-0.39, 0.29) is 11.5 Å². The second-order valence-corrected chi connectivity index (χ2v) is 9.00. The quantitative estimate of drug-likeness (QED) is 0.336. The molecule has 2 aromatic carbocycles. The molecule has 0 saturated carbocycles. The first kappa shape index (κ1) is 22.5. The summed E-state index contributed by atoms with van der Waals surface area (Å²) < 4.78 is 6.83. The van der Waals surface area contributed by atoms with Gasteiger partial charge in [0.2, 0.25) is 5.91 Å². The summed E-state index contributed by atoms with van der Waals surface area (Å²) in [5.41, 5.74) is 2.91.